The summed E-state index contributed by atoms with van der Waals surface area (Å²) in [5, 5.41) is 15.6. The van der Waals surface area contributed by atoms with Gasteiger partial charge < -0.3 is 30.1 Å². The van der Waals surface area contributed by atoms with Crippen LogP contribution in [0.3, 0.4) is 0 Å². The van der Waals surface area contributed by atoms with E-state index in [0.717, 1.165) is 0 Å². The van der Waals surface area contributed by atoms with E-state index in [1.807, 2.05) is 0 Å². The maximum absolute atomic E-state index is 11.2. The number of carboxylic acids is 2. The molecule has 0 aromatic carbocycles. The zero-order valence-electron chi connectivity index (χ0n) is 13.5. The molecule has 0 radical (unpaired) electrons. The highest BCUT2D eigenvalue weighted by Gasteiger charge is 2.32. The molecule has 0 aliphatic heterocycles. The SMILES string of the molecule is CCOC(=O)C(=[N+]=[N-])C(=O)OCCN(C)C.O=C(O)/C=C\C(=O)O. The molecular weight excluding hydrogens is 326 g/mol. The zero-order valence-corrected chi connectivity index (χ0v) is 13.5. The van der Waals surface area contributed by atoms with Crippen LogP contribution >= 0.6 is 0 Å². The summed E-state index contributed by atoms with van der Waals surface area (Å²) in [4.78, 5) is 45.8. The van der Waals surface area contributed by atoms with Crippen LogP contribution in [-0.4, -0.2) is 83.3 Å². The Morgan fingerprint density at radius 3 is 1.83 bits per heavy atom. The zero-order chi connectivity index (χ0) is 19.1. The van der Waals surface area contributed by atoms with Crippen molar-refractivity contribution >= 4 is 29.6 Å². The molecule has 0 bridgehead atoms. The third-order valence-corrected chi connectivity index (χ3v) is 1.90. The fourth-order valence-electron chi connectivity index (χ4n) is 0.896. The Balaban J connectivity index is 0. The first-order valence-electron chi connectivity index (χ1n) is 6.50. The molecule has 0 aromatic heterocycles. The second kappa shape index (κ2) is 13.6. The van der Waals surface area contributed by atoms with Crippen molar-refractivity contribution in [3.05, 3.63) is 17.7 Å². The fraction of sp³-hybridized carbons (Fsp3) is 0.462. The lowest BCUT2D eigenvalue weighted by molar-refractivity contribution is -0.149. The normalized spacial score (nSPS) is 9.50. The summed E-state index contributed by atoms with van der Waals surface area (Å²) in [5.41, 5.74) is 7.73. The monoisotopic (exact) mass is 345 g/mol. The van der Waals surface area contributed by atoms with Crippen molar-refractivity contribution < 1.29 is 43.7 Å². The van der Waals surface area contributed by atoms with Gasteiger partial charge in [0.2, 0.25) is 0 Å². The minimum absolute atomic E-state index is 0.0861. The molecule has 0 saturated carbocycles. The Morgan fingerprint density at radius 2 is 1.50 bits per heavy atom. The Kier molecular flexibility index (Phi) is 13.2. The van der Waals surface area contributed by atoms with Gasteiger partial charge in [-0.25, -0.2) is 19.2 Å². The van der Waals surface area contributed by atoms with Crippen LogP contribution < -0.4 is 0 Å². The van der Waals surface area contributed by atoms with Gasteiger partial charge in [0.15, 0.2) is 0 Å². The molecule has 0 saturated heterocycles. The second-order valence-corrected chi connectivity index (χ2v) is 4.12. The molecule has 0 unspecified atom stereocenters. The predicted octanol–water partition coefficient (Wildman–Crippen LogP) is -0.963. The highest BCUT2D eigenvalue weighted by Crippen LogP contribution is 1.88. The summed E-state index contributed by atoms with van der Waals surface area (Å²) >= 11 is 0. The maximum atomic E-state index is 11.2. The molecule has 0 aliphatic carbocycles. The molecule has 0 spiro atoms. The average Bonchev–Trinajstić information content (AvgIpc) is 2.46. The van der Waals surface area contributed by atoms with Gasteiger partial charge in [0.05, 0.1) is 6.61 Å². The number of rotatable bonds is 8. The van der Waals surface area contributed by atoms with Crippen LogP contribution in [0, 0.1) is 0 Å². The van der Waals surface area contributed by atoms with Gasteiger partial charge in [0, 0.05) is 18.7 Å². The van der Waals surface area contributed by atoms with Crippen LogP contribution in [0.4, 0.5) is 0 Å². The minimum Gasteiger partial charge on any atom is -0.478 e. The minimum atomic E-state index is -1.26. The molecule has 2 N–H and O–H groups in total. The summed E-state index contributed by atoms with van der Waals surface area (Å²) < 4.78 is 9.20. The smallest absolute Gasteiger partial charge is 0.478 e. The maximum Gasteiger partial charge on any atom is 0.482 e. The van der Waals surface area contributed by atoms with Crippen LogP contribution in [0.5, 0.6) is 0 Å². The fourth-order valence-corrected chi connectivity index (χ4v) is 0.896. The molecule has 0 aliphatic rings. The van der Waals surface area contributed by atoms with Gasteiger partial charge in [0.25, 0.3) is 0 Å². The number of ether oxygens (including phenoxy) is 2. The standard InChI is InChI=1S/C9H15N3O4.C4H4O4/c1-4-15-8(13)7(11-10)9(14)16-6-5-12(2)3;5-3(6)1-2-4(7)8/h4-6H2,1-3H3;1-2H,(H,5,6)(H,7,8)/b;2-1-. The number of hydrogen-bond acceptors (Lipinski definition) is 7. The summed E-state index contributed by atoms with van der Waals surface area (Å²) in [5.74, 6) is -4.51. The first-order chi connectivity index (χ1) is 11.1. The topological polar surface area (TPSA) is 167 Å². The second-order valence-electron chi connectivity index (χ2n) is 4.12. The van der Waals surface area contributed by atoms with E-state index in [1.165, 1.54) is 0 Å². The first kappa shape index (κ1) is 23.2. The van der Waals surface area contributed by atoms with Crippen LogP contribution in [-0.2, 0) is 28.7 Å². The predicted molar refractivity (Wildman–Crippen MR) is 79.2 cm³/mol. The molecule has 0 aromatic rings. The molecule has 11 nitrogen and oxygen atoms in total. The van der Waals surface area contributed by atoms with E-state index in [0.29, 0.717) is 18.7 Å². The van der Waals surface area contributed by atoms with Crippen LogP contribution in [0.25, 0.3) is 5.53 Å². The third-order valence-electron chi connectivity index (χ3n) is 1.90. The molecule has 0 rings (SSSR count). The van der Waals surface area contributed by atoms with Crippen molar-refractivity contribution in [2.24, 2.45) is 0 Å². The van der Waals surface area contributed by atoms with Crippen molar-refractivity contribution in [3.63, 3.8) is 0 Å². The molecule has 24 heavy (non-hydrogen) atoms. The number of nitrogens with zero attached hydrogens (tertiary/aromatic N) is 3. The third kappa shape index (κ3) is 13.9. The first-order valence-corrected chi connectivity index (χ1v) is 6.50. The molecular formula is C13H19N3O8. The van der Waals surface area contributed by atoms with Gasteiger partial charge in [-0.15, -0.1) is 0 Å². The Hall–Kier alpha value is -3.04. The summed E-state index contributed by atoms with van der Waals surface area (Å²) in [6.07, 6.45) is 1.12. The van der Waals surface area contributed by atoms with Crippen molar-refractivity contribution in [2.75, 3.05) is 33.9 Å². The van der Waals surface area contributed by atoms with Gasteiger partial charge in [-0.2, -0.15) is 4.79 Å². The van der Waals surface area contributed by atoms with Gasteiger partial charge >= 0.3 is 29.6 Å². The number of carboxylic acid groups (broad SMARTS) is 2. The number of likely N-dealkylation sites (N-methyl/N-ethyl adjacent to an activating group) is 1. The quantitative estimate of drug-likeness (QED) is 0.140. The van der Waals surface area contributed by atoms with E-state index in [2.05, 4.69) is 9.53 Å². The lowest BCUT2D eigenvalue weighted by atomic mass is 10.4. The number of aliphatic carboxylic acids is 2. The van der Waals surface area contributed by atoms with Gasteiger partial charge in [-0.3, -0.25) is 0 Å². The van der Waals surface area contributed by atoms with E-state index in [4.69, 9.17) is 20.5 Å². The summed E-state index contributed by atoms with van der Waals surface area (Å²) in [7, 11) is 3.61. The van der Waals surface area contributed by atoms with E-state index >= 15 is 0 Å². The largest absolute Gasteiger partial charge is 0.482 e. The number of carbonyl (C=O) groups is 4. The molecule has 134 valence electrons. The molecule has 0 heterocycles. The molecule has 0 atom stereocenters. The lowest BCUT2D eigenvalue weighted by Gasteiger charge is -2.08. The number of hydrogen-bond donors (Lipinski definition) is 2. The average molecular weight is 345 g/mol. The molecule has 0 amide bonds. The Morgan fingerprint density at radius 1 is 1.04 bits per heavy atom. The molecule has 11 heteroatoms. The van der Waals surface area contributed by atoms with Crippen molar-refractivity contribution in [1.82, 2.24) is 4.90 Å². The van der Waals surface area contributed by atoms with E-state index in [1.54, 1.807) is 25.9 Å². The van der Waals surface area contributed by atoms with Crippen LogP contribution in [0.15, 0.2) is 12.2 Å². The van der Waals surface area contributed by atoms with Crippen molar-refractivity contribution in [1.29, 1.82) is 0 Å². The van der Waals surface area contributed by atoms with Crippen LogP contribution in [0.2, 0.25) is 0 Å². The van der Waals surface area contributed by atoms with E-state index in [9.17, 15) is 19.2 Å². The summed E-state index contributed by atoms with van der Waals surface area (Å²) in [6.45, 7) is 2.27. The van der Waals surface area contributed by atoms with Gasteiger partial charge in [-0.1, -0.05) is 0 Å². The highest BCUT2D eigenvalue weighted by molar-refractivity contribution is 6.60. The van der Waals surface area contributed by atoms with Crippen molar-refractivity contribution in [2.45, 2.75) is 6.92 Å². The number of esters is 2. The Labute approximate surface area is 137 Å². The van der Waals surface area contributed by atoms with Gasteiger partial charge in [-0.05, 0) is 21.0 Å². The van der Waals surface area contributed by atoms with Crippen molar-refractivity contribution in [3.8, 4) is 0 Å². The van der Waals surface area contributed by atoms with E-state index in [-0.39, 0.29) is 13.2 Å². The van der Waals surface area contributed by atoms with E-state index < -0.39 is 29.6 Å². The Bertz CT molecular complexity index is 519. The lowest BCUT2D eigenvalue weighted by Crippen LogP contribution is -2.31. The van der Waals surface area contributed by atoms with Gasteiger partial charge in [0.1, 0.15) is 6.61 Å². The molecule has 0 fully saturated rings. The summed E-state index contributed by atoms with van der Waals surface area (Å²) in [6, 6.07) is 0. The highest BCUT2D eigenvalue weighted by atomic mass is 16.6. The number of carbonyl (C=O) groups excluding carboxylic acids is 2. The van der Waals surface area contributed by atoms with Crippen LogP contribution in [0.1, 0.15) is 6.92 Å².